The van der Waals surface area contributed by atoms with E-state index in [9.17, 15) is 0 Å². The molecule has 2 aromatic heterocycles. The van der Waals surface area contributed by atoms with Crippen molar-refractivity contribution in [1.29, 1.82) is 0 Å². The number of rotatable bonds is 2. The van der Waals surface area contributed by atoms with Gasteiger partial charge in [0.1, 0.15) is 0 Å². The molecule has 1 atom stereocenters. The lowest BCUT2D eigenvalue weighted by Gasteiger charge is -2.30. The van der Waals surface area contributed by atoms with Crippen molar-refractivity contribution in [3.05, 3.63) is 11.7 Å². The van der Waals surface area contributed by atoms with Crippen molar-refractivity contribution in [2.45, 2.75) is 13.0 Å². The average molecular weight is 250 g/mol. The summed E-state index contributed by atoms with van der Waals surface area (Å²) in [7, 11) is 0. The Morgan fingerprint density at radius 3 is 3.24 bits per heavy atom. The van der Waals surface area contributed by atoms with Gasteiger partial charge in [0, 0.05) is 31.9 Å². The minimum absolute atomic E-state index is 0.481. The Hall–Kier alpha value is -1.47. The Labute approximate surface area is 103 Å². The second-order valence-electron chi connectivity index (χ2n) is 4.15. The number of piperazine rings is 1. The highest BCUT2D eigenvalue weighted by Crippen LogP contribution is 2.21. The average Bonchev–Trinajstić information content (AvgIpc) is 3.00. The number of hydrogen-bond donors (Lipinski definition) is 2. The van der Waals surface area contributed by atoms with Gasteiger partial charge in [0.25, 0.3) is 0 Å². The molecule has 0 unspecified atom stereocenters. The first-order chi connectivity index (χ1) is 8.33. The van der Waals surface area contributed by atoms with Crippen molar-refractivity contribution < 1.29 is 0 Å². The summed E-state index contributed by atoms with van der Waals surface area (Å²) in [4.78, 5) is 11.8. The molecule has 1 aliphatic rings. The number of hydrogen-bond acceptors (Lipinski definition) is 6. The number of nitrogens with zero attached hydrogens (tertiary/aromatic N) is 4. The first-order valence-electron chi connectivity index (χ1n) is 5.62. The molecule has 0 spiro atoms. The van der Waals surface area contributed by atoms with E-state index in [4.69, 9.17) is 0 Å². The zero-order valence-corrected chi connectivity index (χ0v) is 10.4. The number of H-pyrrole nitrogens is 1. The van der Waals surface area contributed by atoms with Crippen LogP contribution < -0.4 is 10.2 Å². The molecule has 3 rings (SSSR count). The minimum atomic E-state index is 0.481. The number of aromatic amines is 1. The number of thiazole rings is 1. The molecule has 7 heteroatoms. The van der Waals surface area contributed by atoms with E-state index in [1.165, 1.54) is 0 Å². The highest BCUT2D eigenvalue weighted by atomic mass is 32.1. The maximum absolute atomic E-state index is 4.51. The topological polar surface area (TPSA) is 69.7 Å². The Morgan fingerprint density at radius 1 is 1.53 bits per heavy atom. The van der Waals surface area contributed by atoms with Crippen LogP contribution in [-0.2, 0) is 0 Å². The summed E-state index contributed by atoms with van der Waals surface area (Å²) < 4.78 is 0. The van der Waals surface area contributed by atoms with Crippen LogP contribution in [-0.4, -0.2) is 45.8 Å². The Bertz CT molecular complexity index is 479. The normalized spacial score (nSPS) is 20.8. The van der Waals surface area contributed by atoms with E-state index in [-0.39, 0.29) is 0 Å². The van der Waals surface area contributed by atoms with Crippen molar-refractivity contribution in [2.24, 2.45) is 0 Å². The van der Waals surface area contributed by atoms with Crippen LogP contribution in [0.1, 0.15) is 6.92 Å². The monoisotopic (exact) mass is 250 g/mol. The summed E-state index contributed by atoms with van der Waals surface area (Å²) >= 11 is 1.56. The summed E-state index contributed by atoms with van der Waals surface area (Å²) in [5.74, 6) is 1.58. The molecule has 2 N–H and O–H groups in total. The fraction of sp³-hybridized carbons (Fsp3) is 0.500. The van der Waals surface area contributed by atoms with Gasteiger partial charge in [-0.2, -0.15) is 4.98 Å². The molecule has 1 saturated heterocycles. The van der Waals surface area contributed by atoms with E-state index in [1.807, 2.05) is 0 Å². The number of anilines is 1. The molecule has 0 amide bonds. The SMILES string of the molecule is C[C@H]1CN(c2n[nH]c(-c3cncs3)n2)CCN1. The van der Waals surface area contributed by atoms with Crippen LogP contribution >= 0.6 is 11.3 Å². The Morgan fingerprint density at radius 2 is 2.47 bits per heavy atom. The van der Waals surface area contributed by atoms with Crippen LogP contribution in [0.15, 0.2) is 11.7 Å². The smallest absolute Gasteiger partial charge is 0.245 e. The first-order valence-corrected chi connectivity index (χ1v) is 6.50. The van der Waals surface area contributed by atoms with Crippen molar-refractivity contribution in [3.63, 3.8) is 0 Å². The third kappa shape index (κ3) is 2.16. The number of aromatic nitrogens is 4. The van der Waals surface area contributed by atoms with E-state index >= 15 is 0 Å². The van der Waals surface area contributed by atoms with Gasteiger partial charge in [0.15, 0.2) is 5.82 Å². The molecule has 3 heterocycles. The van der Waals surface area contributed by atoms with Gasteiger partial charge in [-0.05, 0) is 6.92 Å². The second-order valence-corrected chi connectivity index (χ2v) is 5.04. The van der Waals surface area contributed by atoms with E-state index in [0.29, 0.717) is 6.04 Å². The highest BCUT2D eigenvalue weighted by molar-refractivity contribution is 7.13. The molecule has 17 heavy (non-hydrogen) atoms. The molecule has 0 saturated carbocycles. The maximum atomic E-state index is 4.51. The standard InChI is InChI=1S/C10H14N6S/c1-7-5-16(3-2-12-7)10-13-9(14-15-10)8-4-11-6-17-8/h4,6-7,12H,2-3,5H2,1H3,(H,13,14,15)/t7-/m0/s1. The van der Waals surface area contributed by atoms with Gasteiger partial charge in [0.05, 0.1) is 10.4 Å². The van der Waals surface area contributed by atoms with Crippen LogP contribution in [0.4, 0.5) is 5.95 Å². The van der Waals surface area contributed by atoms with Gasteiger partial charge in [0.2, 0.25) is 5.95 Å². The molecule has 0 bridgehead atoms. The predicted octanol–water partition coefficient (Wildman–Crippen LogP) is 0.726. The van der Waals surface area contributed by atoms with Crippen molar-refractivity contribution in [3.8, 4) is 10.7 Å². The van der Waals surface area contributed by atoms with Gasteiger partial charge < -0.3 is 10.2 Å². The zero-order valence-electron chi connectivity index (χ0n) is 9.55. The van der Waals surface area contributed by atoms with Crippen LogP contribution in [0.2, 0.25) is 0 Å². The lowest BCUT2D eigenvalue weighted by atomic mass is 10.2. The highest BCUT2D eigenvalue weighted by Gasteiger charge is 2.19. The molecule has 6 nitrogen and oxygen atoms in total. The molecule has 2 aromatic rings. The lowest BCUT2D eigenvalue weighted by molar-refractivity contribution is 0.480. The van der Waals surface area contributed by atoms with Crippen LogP contribution in [0.5, 0.6) is 0 Å². The summed E-state index contributed by atoms with van der Waals surface area (Å²) in [5, 5.41) is 10.6. The summed E-state index contributed by atoms with van der Waals surface area (Å²) in [6.07, 6.45) is 1.80. The molecule has 90 valence electrons. The fourth-order valence-corrected chi connectivity index (χ4v) is 2.51. The predicted molar refractivity (Wildman–Crippen MR) is 67.2 cm³/mol. The molecule has 0 aliphatic carbocycles. The quantitative estimate of drug-likeness (QED) is 0.822. The second kappa shape index (κ2) is 4.42. The van der Waals surface area contributed by atoms with Gasteiger partial charge in [-0.1, -0.05) is 0 Å². The molecule has 1 aliphatic heterocycles. The van der Waals surface area contributed by atoms with Gasteiger partial charge in [-0.15, -0.1) is 16.4 Å². The first kappa shape index (κ1) is 10.7. The van der Waals surface area contributed by atoms with Crippen LogP contribution in [0.25, 0.3) is 10.7 Å². The molecule has 0 aromatic carbocycles. The number of nitrogens with one attached hydrogen (secondary N) is 2. The van der Waals surface area contributed by atoms with E-state index in [2.05, 4.69) is 37.3 Å². The van der Waals surface area contributed by atoms with Crippen molar-refractivity contribution in [1.82, 2.24) is 25.5 Å². The van der Waals surface area contributed by atoms with Gasteiger partial charge in [-0.25, -0.2) is 0 Å². The lowest BCUT2D eigenvalue weighted by Crippen LogP contribution is -2.49. The van der Waals surface area contributed by atoms with Crippen LogP contribution in [0, 0.1) is 0 Å². The Balaban J connectivity index is 1.80. The maximum Gasteiger partial charge on any atom is 0.245 e. The molecular weight excluding hydrogens is 236 g/mol. The van der Waals surface area contributed by atoms with E-state index < -0.39 is 0 Å². The van der Waals surface area contributed by atoms with E-state index in [0.717, 1.165) is 36.3 Å². The third-order valence-electron chi connectivity index (χ3n) is 2.79. The summed E-state index contributed by atoms with van der Waals surface area (Å²) in [5.41, 5.74) is 1.80. The molecule has 1 fully saturated rings. The summed E-state index contributed by atoms with van der Waals surface area (Å²) in [6, 6.07) is 0.481. The van der Waals surface area contributed by atoms with Crippen molar-refractivity contribution >= 4 is 17.3 Å². The minimum Gasteiger partial charge on any atom is -0.337 e. The summed E-state index contributed by atoms with van der Waals surface area (Å²) in [6.45, 7) is 5.04. The third-order valence-corrected chi connectivity index (χ3v) is 3.57. The molecular formula is C10H14N6S. The van der Waals surface area contributed by atoms with Gasteiger partial charge in [-0.3, -0.25) is 10.1 Å². The fourth-order valence-electron chi connectivity index (χ4n) is 1.95. The van der Waals surface area contributed by atoms with Crippen LogP contribution in [0.3, 0.4) is 0 Å². The zero-order chi connectivity index (χ0) is 11.7. The Kier molecular flexibility index (Phi) is 2.77. The van der Waals surface area contributed by atoms with Gasteiger partial charge >= 0.3 is 0 Å². The van der Waals surface area contributed by atoms with Crippen molar-refractivity contribution in [2.75, 3.05) is 24.5 Å². The molecule has 0 radical (unpaired) electrons. The van der Waals surface area contributed by atoms with E-state index in [1.54, 1.807) is 23.0 Å². The largest absolute Gasteiger partial charge is 0.337 e.